The van der Waals surface area contributed by atoms with Gasteiger partial charge in [-0.05, 0) is 13.8 Å². The van der Waals surface area contributed by atoms with Gasteiger partial charge in [-0.25, -0.2) is 4.79 Å². The van der Waals surface area contributed by atoms with Gasteiger partial charge < -0.3 is 10.6 Å². The first-order valence-corrected chi connectivity index (χ1v) is 4.18. The molecule has 0 bridgehead atoms. The Labute approximate surface area is 72.7 Å². The van der Waals surface area contributed by atoms with Gasteiger partial charge in [0.1, 0.15) is 0 Å². The Morgan fingerprint density at radius 3 is 2.33 bits per heavy atom. The van der Waals surface area contributed by atoms with Crippen LogP contribution in [-0.2, 0) is 4.79 Å². The van der Waals surface area contributed by atoms with Crippen LogP contribution in [0, 0.1) is 0 Å². The summed E-state index contributed by atoms with van der Waals surface area (Å²) in [5, 5.41) is 5.09. The first-order chi connectivity index (χ1) is 5.61. The molecule has 0 radical (unpaired) electrons. The molecule has 4 heteroatoms. The highest BCUT2D eigenvalue weighted by atomic mass is 16.2. The molecule has 1 unspecified atom stereocenters. The second kappa shape index (κ2) is 5.57. The molecule has 4 nitrogen and oxygen atoms in total. The van der Waals surface area contributed by atoms with Gasteiger partial charge in [0.25, 0.3) is 0 Å². The molecule has 0 fully saturated rings. The average Bonchev–Trinajstić information content (AvgIpc) is 2.03. The summed E-state index contributed by atoms with van der Waals surface area (Å²) in [5.41, 5.74) is 0. The van der Waals surface area contributed by atoms with E-state index in [1.807, 2.05) is 6.92 Å². The van der Waals surface area contributed by atoms with Gasteiger partial charge in [-0.2, -0.15) is 0 Å². The average molecular weight is 172 g/mol. The molecule has 0 aliphatic heterocycles. The van der Waals surface area contributed by atoms with Gasteiger partial charge in [0.2, 0.25) is 0 Å². The van der Waals surface area contributed by atoms with Gasteiger partial charge in [0.15, 0.2) is 5.78 Å². The summed E-state index contributed by atoms with van der Waals surface area (Å²) >= 11 is 0. The molecule has 2 amide bonds. The Morgan fingerprint density at radius 1 is 1.33 bits per heavy atom. The van der Waals surface area contributed by atoms with Gasteiger partial charge in [-0.15, -0.1) is 0 Å². The van der Waals surface area contributed by atoms with Crippen molar-refractivity contribution in [3.63, 3.8) is 0 Å². The van der Waals surface area contributed by atoms with Crippen molar-refractivity contribution >= 4 is 11.8 Å². The topological polar surface area (TPSA) is 58.2 Å². The predicted molar refractivity (Wildman–Crippen MR) is 47.0 cm³/mol. The molecule has 0 saturated carbocycles. The lowest BCUT2D eigenvalue weighted by atomic mass is 10.2. The van der Waals surface area contributed by atoms with E-state index in [2.05, 4.69) is 10.6 Å². The number of carbonyl (C=O) groups is 2. The Balaban J connectivity index is 3.75. The molecule has 1 atom stereocenters. The highest BCUT2D eigenvalue weighted by molar-refractivity contribution is 5.87. The smallest absolute Gasteiger partial charge is 0.315 e. The SMILES string of the molecule is CCNC(=O)NC(C)C(=O)CC. The molecule has 0 aliphatic rings. The number of nitrogens with one attached hydrogen (secondary N) is 2. The number of Topliss-reactive ketones (excluding diaryl/α,β-unsaturated/α-hetero) is 1. The van der Waals surface area contributed by atoms with Crippen molar-refractivity contribution in [3.05, 3.63) is 0 Å². The van der Waals surface area contributed by atoms with Crippen molar-refractivity contribution < 1.29 is 9.59 Å². The van der Waals surface area contributed by atoms with E-state index < -0.39 is 0 Å². The molecule has 0 aromatic carbocycles. The second-order valence-electron chi connectivity index (χ2n) is 2.55. The Kier molecular flexibility index (Phi) is 5.08. The number of carbonyl (C=O) groups excluding carboxylic acids is 2. The van der Waals surface area contributed by atoms with E-state index in [-0.39, 0.29) is 17.9 Å². The fourth-order valence-corrected chi connectivity index (χ4v) is 0.795. The molecule has 2 N–H and O–H groups in total. The molecule has 0 saturated heterocycles. The monoisotopic (exact) mass is 172 g/mol. The molecule has 0 spiro atoms. The zero-order valence-electron chi connectivity index (χ0n) is 7.81. The fourth-order valence-electron chi connectivity index (χ4n) is 0.795. The quantitative estimate of drug-likeness (QED) is 0.655. The summed E-state index contributed by atoms with van der Waals surface area (Å²) in [4.78, 5) is 21.9. The number of hydrogen-bond acceptors (Lipinski definition) is 2. The number of ketones is 1. The van der Waals surface area contributed by atoms with E-state index in [0.29, 0.717) is 13.0 Å². The third-order valence-corrected chi connectivity index (χ3v) is 1.52. The zero-order valence-corrected chi connectivity index (χ0v) is 7.81. The highest BCUT2D eigenvalue weighted by Gasteiger charge is 2.12. The van der Waals surface area contributed by atoms with E-state index in [1.165, 1.54) is 0 Å². The maximum absolute atomic E-state index is 11.0. The maximum Gasteiger partial charge on any atom is 0.315 e. The summed E-state index contributed by atoms with van der Waals surface area (Å²) in [5.74, 6) is 0.0428. The second-order valence-corrected chi connectivity index (χ2v) is 2.55. The van der Waals surface area contributed by atoms with Crippen LogP contribution in [0.3, 0.4) is 0 Å². The first-order valence-electron chi connectivity index (χ1n) is 4.18. The third kappa shape index (κ3) is 3.95. The minimum absolute atomic E-state index is 0.0428. The maximum atomic E-state index is 11.0. The van der Waals surface area contributed by atoms with Crippen molar-refractivity contribution in [2.45, 2.75) is 33.2 Å². The standard InChI is InChI=1S/C8H16N2O2/c1-4-7(11)6(3)10-8(12)9-5-2/h6H,4-5H2,1-3H3,(H2,9,10,12). The molecule has 0 heterocycles. The summed E-state index contributed by atoms with van der Waals surface area (Å²) < 4.78 is 0. The fraction of sp³-hybridized carbons (Fsp3) is 0.750. The number of urea groups is 1. The zero-order chi connectivity index (χ0) is 9.56. The van der Waals surface area contributed by atoms with Crippen LogP contribution in [0.25, 0.3) is 0 Å². The number of hydrogen-bond donors (Lipinski definition) is 2. The van der Waals surface area contributed by atoms with Crippen LogP contribution in [-0.4, -0.2) is 24.4 Å². The van der Waals surface area contributed by atoms with Crippen molar-refractivity contribution in [3.8, 4) is 0 Å². The van der Waals surface area contributed by atoms with E-state index in [4.69, 9.17) is 0 Å². The van der Waals surface area contributed by atoms with Crippen molar-refractivity contribution in [1.29, 1.82) is 0 Å². The Morgan fingerprint density at radius 2 is 1.92 bits per heavy atom. The van der Waals surface area contributed by atoms with Crippen molar-refractivity contribution in [2.24, 2.45) is 0 Å². The minimum Gasteiger partial charge on any atom is -0.338 e. The van der Waals surface area contributed by atoms with Crippen molar-refractivity contribution in [2.75, 3.05) is 6.54 Å². The molecule has 0 aromatic rings. The van der Waals surface area contributed by atoms with Gasteiger partial charge in [-0.1, -0.05) is 6.92 Å². The number of rotatable bonds is 4. The van der Waals surface area contributed by atoms with Crippen LogP contribution in [0.2, 0.25) is 0 Å². The largest absolute Gasteiger partial charge is 0.338 e. The van der Waals surface area contributed by atoms with Crippen LogP contribution in [0.4, 0.5) is 4.79 Å². The normalized spacial score (nSPS) is 11.9. The molecule has 12 heavy (non-hydrogen) atoms. The van der Waals surface area contributed by atoms with E-state index in [0.717, 1.165) is 0 Å². The molecule has 0 aliphatic carbocycles. The molecular formula is C8H16N2O2. The minimum atomic E-state index is -0.387. The highest BCUT2D eigenvalue weighted by Crippen LogP contribution is 1.88. The van der Waals surface area contributed by atoms with Crippen LogP contribution in [0.1, 0.15) is 27.2 Å². The summed E-state index contributed by atoms with van der Waals surface area (Å²) in [6.45, 7) is 5.85. The molecule has 0 rings (SSSR count). The van der Waals surface area contributed by atoms with Crippen molar-refractivity contribution in [1.82, 2.24) is 10.6 Å². The van der Waals surface area contributed by atoms with Gasteiger partial charge in [0, 0.05) is 13.0 Å². The molecule has 0 aromatic heterocycles. The molecular weight excluding hydrogens is 156 g/mol. The predicted octanol–water partition coefficient (Wildman–Crippen LogP) is 0.673. The van der Waals surface area contributed by atoms with Crippen LogP contribution in [0.5, 0.6) is 0 Å². The van der Waals surface area contributed by atoms with Gasteiger partial charge in [0.05, 0.1) is 6.04 Å². The number of amides is 2. The van der Waals surface area contributed by atoms with Gasteiger partial charge >= 0.3 is 6.03 Å². The first kappa shape index (κ1) is 10.9. The third-order valence-electron chi connectivity index (χ3n) is 1.52. The van der Waals surface area contributed by atoms with E-state index in [9.17, 15) is 9.59 Å². The summed E-state index contributed by atoms with van der Waals surface area (Å²) in [6, 6.07) is -0.673. The Bertz CT molecular complexity index is 168. The lowest BCUT2D eigenvalue weighted by molar-refractivity contribution is -0.120. The lowest BCUT2D eigenvalue weighted by Gasteiger charge is -2.11. The Hall–Kier alpha value is -1.06. The van der Waals surface area contributed by atoms with E-state index in [1.54, 1.807) is 13.8 Å². The van der Waals surface area contributed by atoms with Crippen LogP contribution < -0.4 is 10.6 Å². The van der Waals surface area contributed by atoms with Crippen LogP contribution in [0.15, 0.2) is 0 Å². The summed E-state index contributed by atoms with van der Waals surface area (Å²) in [7, 11) is 0. The lowest BCUT2D eigenvalue weighted by Crippen LogP contribution is -2.44. The molecule has 70 valence electrons. The summed E-state index contributed by atoms with van der Waals surface area (Å²) in [6.07, 6.45) is 0.452. The van der Waals surface area contributed by atoms with Crippen LogP contribution >= 0.6 is 0 Å². The van der Waals surface area contributed by atoms with Gasteiger partial charge in [-0.3, -0.25) is 4.79 Å². The van der Waals surface area contributed by atoms with E-state index >= 15 is 0 Å².